The molecular formula is C18H22N4O5. The summed E-state index contributed by atoms with van der Waals surface area (Å²) in [6.45, 7) is 3.17. The van der Waals surface area contributed by atoms with Gasteiger partial charge in [-0.15, -0.1) is 5.06 Å². The molecule has 9 nitrogen and oxygen atoms in total. The molecule has 0 saturated carbocycles. The Morgan fingerprint density at radius 1 is 1.04 bits per heavy atom. The summed E-state index contributed by atoms with van der Waals surface area (Å²) in [4.78, 5) is 48.2. The first kappa shape index (κ1) is 17.7. The van der Waals surface area contributed by atoms with Crippen molar-refractivity contribution in [1.29, 1.82) is 0 Å². The molecule has 0 spiro atoms. The van der Waals surface area contributed by atoms with E-state index in [0.717, 1.165) is 10.6 Å². The van der Waals surface area contributed by atoms with E-state index in [0.29, 0.717) is 39.4 Å². The van der Waals surface area contributed by atoms with Crippen molar-refractivity contribution in [1.82, 2.24) is 19.8 Å². The van der Waals surface area contributed by atoms with Gasteiger partial charge < -0.3 is 19.4 Å². The van der Waals surface area contributed by atoms with Crippen LogP contribution in [0.1, 0.15) is 5.56 Å². The third-order valence-electron chi connectivity index (χ3n) is 5.04. The van der Waals surface area contributed by atoms with Gasteiger partial charge in [0.05, 0.1) is 19.8 Å². The minimum atomic E-state index is -0.688. The Morgan fingerprint density at radius 2 is 1.78 bits per heavy atom. The fourth-order valence-electron chi connectivity index (χ4n) is 3.53. The number of carbonyl (C=O) groups is 3. The van der Waals surface area contributed by atoms with Gasteiger partial charge >= 0.3 is 12.1 Å². The van der Waals surface area contributed by atoms with E-state index in [1.165, 1.54) is 4.90 Å². The summed E-state index contributed by atoms with van der Waals surface area (Å²) < 4.78 is 5.27. The van der Waals surface area contributed by atoms with Crippen LogP contribution < -0.4 is 0 Å². The molecule has 144 valence electrons. The van der Waals surface area contributed by atoms with E-state index < -0.39 is 18.0 Å². The molecule has 1 aromatic rings. The number of amides is 5. The normalized spacial score (nSPS) is 23.0. The molecule has 5 amide bonds. The molecule has 0 aromatic heterocycles. The number of hydrogen-bond acceptors (Lipinski definition) is 5. The number of fused-ring (bicyclic) bond motifs is 1. The minimum absolute atomic E-state index is 0.109. The zero-order valence-corrected chi connectivity index (χ0v) is 15.0. The van der Waals surface area contributed by atoms with Crippen molar-refractivity contribution in [3.8, 4) is 0 Å². The van der Waals surface area contributed by atoms with E-state index in [-0.39, 0.29) is 19.2 Å². The molecule has 1 atom stereocenters. The summed E-state index contributed by atoms with van der Waals surface area (Å²) in [6.07, 6.45) is 0. The highest BCUT2D eigenvalue weighted by Crippen LogP contribution is 2.24. The zero-order valence-electron chi connectivity index (χ0n) is 15.0. The minimum Gasteiger partial charge on any atom is -0.378 e. The lowest BCUT2D eigenvalue weighted by atomic mass is 10.2. The molecule has 0 aliphatic carbocycles. The first-order valence-corrected chi connectivity index (χ1v) is 9.08. The van der Waals surface area contributed by atoms with Gasteiger partial charge in [-0.25, -0.2) is 9.59 Å². The third kappa shape index (κ3) is 3.47. The Morgan fingerprint density at radius 3 is 2.52 bits per heavy atom. The van der Waals surface area contributed by atoms with Crippen LogP contribution in [0.3, 0.4) is 0 Å². The largest absolute Gasteiger partial charge is 0.378 e. The van der Waals surface area contributed by atoms with Crippen molar-refractivity contribution in [2.45, 2.75) is 12.6 Å². The molecule has 0 bridgehead atoms. The van der Waals surface area contributed by atoms with E-state index in [1.54, 1.807) is 9.80 Å². The number of nitrogens with zero attached hydrogens (tertiary/aromatic N) is 4. The molecule has 0 radical (unpaired) electrons. The lowest BCUT2D eigenvalue weighted by Gasteiger charge is -2.38. The number of morpholine rings is 1. The number of rotatable bonds is 3. The van der Waals surface area contributed by atoms with Crippen LogP contribution in [0.5, 0.6) is 0 Å². The van der Waals surface area contributed by atoms with Gasteiger partial charge in [-0.1, -0.05) is 30.3 Å². The Bertz CT molecular complexity index is 722. The van der Waals surface area contributed by atoms with Crippen LogP contribution in [0.2, 0.25) is 0 Å². The second kappa shape index (κ2) is 7.53. The van der Waals surface area contributed by atoms with Gasteiger partial charge in [0.2, 0.25) is 0 Å². The fraction of sp³-hybridized carbons (Fsp3) is 0.500. The van der Waals surface area contributed by atoms with Gasteiger partial charge in [-0.05, 0) is 5.56 Å². The molecule has 3 heterocycles. The number of hydroxylamine groups is 2. The Labute approximate surface area is 156 Å². The quantitative estimate of drug-likeness (QED) is 0.721. The maximum atomic E-state index is 12.7. The van der Waals surface area contributed by atoms with E-state index in [1.807, 2.05) is 30.3 Å². The van der Waals surface area contributed by atoms with E-state index in [9.17, 15) is 14.4 Å². The number of urea groups is 2. The van der Waals surface area contributed by atoms with E-state index in [4.69, 9.17) is 9.57 Å². The number of hydrogen-bond donors (Lipinski definition) is 0. The van der Waals surface area contributed by atoms with Crippen molar-refractivity contribution < 1.29 is 24.0 Å². The number of imide groups is 1. The number of carbonyl (C=O) groups excluding carboxylic acids is 3. The van der Waals surface area contributed by atoms with Crippen LogP contribution in [-0.4, -0.2) is 89.7 Å². The monoisotopic (exact) mass is 374 g/mol. The molecule has 4 rings (SSSR count). The topological polar surface area (TPSA) is 82.6 Å². The fourth-order valence-corrected chi connectivity index (χ4v) is 3.53. The zero-order chi connectivity index (χ0) is 18.8. The maximum Gasteiger partial charge on any atom is 0.352 e. The molecule has 3 saturated heterocycles. The van der Waals surface area contributed by atoms with E-state index in [2.05, 4.69) is 0 Å². The highest BCUT2D eigenvalue weighted by molar-refractivity contribution is 6.03. The van der Waals surface area contributed by atoms with Gasteiger partial charge in [0.25, 0.3) is 5.91 Å². The molecular weight excluding hydrogens is 352 g/mol. The first-order chi connectivity index (χ1) is 13.1. The first-order valence-electron chi connectivity index (χ1n) is 9.08. The molecule has 3 fully saturated rings. The Kier molecular flexibility index (Phi) is 4.95. The summed E-state index contributed by atoms with van der Waals surface area (Å²) in [7, 11) is 0. The van der Waals surface area contributed by atoms with Crippen LogP contribution >= 0.6 is 0 Å². The smallest absolute Gasteiger partial charge is 0.352 e. The summed E-state index contributed by atoms with van der Waals surface area (Å²) in [5, 5.41) is 0.834. The van der Waals surface area contributed by atoms with Crippen LogP contribution in [0, 0.1) is 0 Å². The maximum absolute atomic E-state index is 12.7. The molecule has 27 heavy (non-hydrogen) atoms. The van der Waals surface area contributed by atoms with Gasteiger partial charge in [-0.3, -0.25) is 9.63 Å². The average molecular weight is 374 g/mol. The molecule has 0 unspecified atom stereocenters. The number of benzene rings is 1. The Hall–Kier alpha value is -2.65. The summed E-state index contributed by atoms with van der Waals surface area (Å²) >= 11 is 0. The van der Waals surface area contributed by atoms with Crippen molar-refractivity contribution in [3.05, 3.63) is 35.9 Å². The lowest BCUT2D eigenvalue weighted by molar-refractivity contribution is -0.167. The van der Waals surface area contributed by atoms with Crippen molar-refractivity contribution in [2.75, 3.05) is 45.9 Å². The van der Waals surface area contributed by atoms with Crippen LogP contribution in [0.4, 0.5) is 9.59 Å². The predicted octanol–water partition coefficient (Wildman–Crippen LogP) is 0.519. The second-order valence-corrected chi connectivity index (χ2v) is 6.71. The predicted molar refractivity (Wildman–Crippen MR) is 93.3 cm³/mol. The second-order valence-electron chi connectivity index (χ2n) is 6.71. The highest BCUT2D eigenvalue weighted by Gasteiger charge is 2.49. The van der Waals surface area contributed by atoms with Gasteiger partial charge in [0.1, 0.15) is 12.6 Å². The highest BCUT2D eigenvalue weighted by atomic mass is 16.7. The van der Waals surface area contributed by atoms with Crippen LogP contribution in [-0.2, 0) is 21.0 Å². The number of ether oxygens (including phenoxy) is 1. The van der Waals surface area contributed by atoms with Crippen LogP contribution in [0.15, 0.2) is 30.3 Å². The summed E-state index contributed by atoms with van der Waals surface area (Å²) in [5.74, 6) is -0.421. The van der Waals surface area contributed by atoms with Crippen molar-refractivity contribution in [3.63, 3.8) is 0 Å². The standard InChI is InChI=1S/C18H22N4O5/c23-16-15-12-20(17(24)19-8-10-26-11-9-19)6-7-21(15)18(25)22(16)27-13-14-4-2-1-3-5-14/h1-5,15H,6-13H2/t15-/m0/s1. The Balaban J connectivity index is 1.39. The van der Waals surface area contributed by atoms with Gasteiger partial charge in [0, 0.05) is 26.2 Å². The molecule has 0 N–H and O–H groups in total. The molecule has 9 heteroatoms. The SMILES string of the molecule is O=C(N1CCOCC1)N1CCN2C(=O)N(OCc3ccccc3)C(=O)[C@@H]2C1. The third-order valence-corrected chi connectivity index (χ3v) is 5.04. The lowest BCUT2D eigenvalue weighted by Crippen LogP contribution is -2.58. The molecule has 3 aliphatic heterocycles. The number of piperazine rings is 1. The van der Waals surface area contributed by atoms with E-state index >= 15 is 0 Å². The van der Waals surface area contributed by atoms with Gasteiger partial charge in [-0.2, -0.15) is 0 Å². The summed E-state index contributed by atoms with van der Waals surface area (Å²) in [6, 6.07) is 8.08. The van der Waals surface area contributed by atoms with Gasteiger partial charge in [0.15, 0.2) is 0 Å². The van der Waals surface area contributed by atoms with Crippen molar-refractivity contribution in [2.24, 2.45) is 0 Å². The summed E-state index contributed by atoms with van der Waals surface area (Å²) in [5.41, 5.74) is 0.868. The average Bonchev–Trinajstić information content (AvgIpc) is 2.97. The molecule has 3 aliphatic rings. The van der Waals surface area contributed by atoms with Crippen molar-refractivity contribution >= 4 is 18.0 Å². The van der Waals surface area contributed by atoms with Crippen LogP contribution in [0.25, 0.3) is 0 Å². The molecule has 1 aromatic carbocycles.